The minimum absolute atomic E-state index is 0.141. The number of carboxylic acids is 1. The van der Waals surface area contributed by atoms with Crippen molar-refractivity contribution in [3.63, 3.8) is 0 Å². The number of thioether (sulfide) groups is 1. The Labute approximate surface area is 194 Å². The Morgan fingerprint density at radius 2 is 1.94 bits per heavy atom. The summed E-state index contributed by atoms with van der Waals surface area (Å²) in [6, 6.07) is 11.8. The molecule has 2 aromatic carbocycles. The summed E-state index contributed by atoms with van der Waals surface area (Å²) in [6.07, 6.45) is 0.296. The van der Waals surface area contributed by atoms with Crippen LogP contribution < -0.4 is 19.9 Å². The number of aliphatic carboxylic acids is 1. The summed E-state index contributed by atoms with van der Waals surface area (Å²) < 4.78 is 10.5. The van der Waals surface area contributed by atoms with E-state index in [0.29, 0.717) is 11.3 Å². The minimum Gasteiger partial charge on any atom is -0.546 e. The number of carboxylic acid groups (broad SMARTS) is 1. The molecule has 1 aliphatic heterocycles. The van der Waals surface area contributed by atoms with E-state index < -0.39 is 35.7 Å². The second-order valence-corrected chi connectivity index (χ2v) is 8.17. The third kappa shape index (κ3) is 5.92. The van der Waals surface area contributed by atoms with Crippen LogP contribution in [0.1, 0.15) is 18.1 Å². The van der Waals surface area contributed by atoms with Gasteiger partial charge in [-0.15, -0.1) is 0 Å². The molecule has 1 atom stereocenters. The number of nitrogens with zero attached hydrogens (tertiary/aromatic N) is 1. The molecule has 9 nitrogen and oxygen atoms in total. The summed E-state index contributed by atoms with van der Waals surface area (Å²) in [7, 11) is 1.39. The molecule has 0 aromatic heterocycles. The van der Waals surface area contributed by atoms with Crippen molar-refractivity contribution in [1.29, 1.82) is 0 Å². The van der Waals surface area contributed by atoms with Crippen molar-refractivity contribution in [2.24, 2.45) is 0 Å². The van der Waals surface area contributed by atoms with E-state index in [0.717, 1.165) is 22.2 Å². The Balaban J connectivity index is 1.72. The van der Waals surface area contributed by atoms with Crippen LogP contribution in [-0.4, -0.2) is 47.7 Å². The van der Waals surface area contributed by atoms with Crippen LogP contribution in [0, 0.1) is 6.92 Å². The molecule has 3 rings (SSSR count). The van der Waals surface area contributed by atoms with Crippen molar-refractivity contribution in [3.05, 3.63) is 58.5 Å². The van der Waals surface area contributed by atoms with Crippen molar-refractivity contribution in [1.82, 2.24) is 4.90 Å². The third-order valence-electron chi connectivity index (χ3n) is 4.60. The topological polar surface area (TPSA) is 125 Å². The monoisotopic (exact) mass is 469 g/mol. The zero-order valence-corrected chi connectivity index (χ0v) is 18.9. The second kappa shape index (κ2) is 10.2. The highest BCUT2D eigenvalue weighted by Gasteiger charge is 2.36. The van der Waals surface area contributed by atoms with Gasteiger partial charge in [0.05, 0.1) is 18.0 Å². The molecule has 33 heavy (non-hydrogen) atoms. The molecule has 1 heterocycles. The van der Waals surface area contributed by atoms with E-state index >= 15 is 0 Å². The van der Waals surface area contributed by atoms with Crippen LogP contribution in [0.25, 0.3) is 6.08 Å². The number of imide groups is 1. The highest BCUT2D eigenvalue weighted by molar-refractivity contribution is 8.18. The summed E-state index contributed by atoms with van der Waals surface area (Å²) in [5.41, 5.74) is 2.06. The minimum atomic E-state index is -1.37. The molecule has 0 radical (unpaired) electrons. The van der Waals surface area contributed by atoms with Gasteiger partial charge in [0, 0.05) is 5.69 Å². The largest absolute Gasteiger partial charge is 0.546 e. The number of benzene rings is 2. The molecule has 0 spiro atoms. The number of nitrogens with one attached hydrogen (secondary N) is 1. The average Bonchev–Trinajstić information content (AvgIpc) is 3.01. The Kier molecular flexibility index (Phi) is 7.39. The predicted molar refractivity (Wildman–Crippen MR) is 121 cm³/mol. The van der Waals surface area contributed by atoms with Crippen LogP contribution in [0.4, 0.5) is 10.5 Å². The number of hydrogen-bond acceptors (Lipinski definition) is 8. The van der Waals surface area contributed by atoms with Gasteiger partial charge in [-0.05, 0) is 67.1 Å². The highest BCUT2D eigenvalue weighted by Crippen LogP contribution is 2.34. The average molecular weight is 469 g/mol. The first-order chi connectivity index (χ1) is 15.7. The molecular formula is C23H21N2O7S-. The van der Waals surface area contributed by atoms with Gasteiger partial charge in [0.2, 0.25) is 5.91 Å². The quantitative estimate of drug-likeness (QED) is 0.584. The maximum absolute atomic E-state index is 12.7. The van der Waals surface area contributed by atoms with Crippen LogP contribution in [0.5, 0.6) is 11.5 Å². The fourth-order valence-corrected chi connectivity index (χ4v) is 3.80. The van der Waals surface area contributed by atoms with Crippen molar-refractivity contribution >= 4 is 46.5 Å². The standard InChI is InChI=1S/C23H22N2O7S/c1-13-5-4-6-16(9-13)24-20(26)12-25-21(27)19(33-23(25)30)11-15-7-8-17(18(10-15)31-3)32-14(2)22(28)29/h4-11,14H,12H2,1-3H3,(H,24,26)(H,28,29)/p-1/b19-11+/t14-/m0/s1. The summed E-state index contributed by atoms with van der Waals surface area (Å²) in [5.74, 6) is -2.02. The van der Waals surface area contributed by atoms with Crippen molar-refractivity contribution in [2.45, 2.75) is 20.0 Å². The molecule has 0 saturated carbocycles. The van der Waals surface area contributed by atoms with Crippen LogP contribution >= 0.6 is 11.8 Å². The number of carbonyl (C=O) groups excluding carboxylic acids is 4. The molecule has 1 saturated heterocycles. The highest BCUT2D eigenvalue weighted by atomic mass is 32.2. The summed E-state index contributed by atoms with van der Waals surface area (Å²) in [4.78, 5) is 49.3. The Hall–Kier alpha value is -3.79. The third-order valence-corrected chi connectivity index (χ3v) is 5.51. The molecule has 0 bridgehead atoms. The number of carbonyl (C=O) groups is 4. The van der Waals surface area contributed by atoms with Crippen molar-refractivity contribution in [3.8, 4) is 11.5 Å². The zero-order chi connectivity index (χ0) is 24.1. The number of hydrogen-bond donors (Lipinski definition) is 1. The normalized spacial score (nSPS) is 15.5. The lowest BCUT2D eigenvalue weighted by Crippen LogP contribution is -2.37. The predicted octanol–water partition coefficient (Wildman–Crippen LogP) is 2.20. The van der Waals surface area contributed by atoms with E-state index in [4.69, 9.17) is 9.47 Å². The van der Waals surface area contributed by atoms with Crippen LogP contribution in [-0.2, 0) is 14.4 Å². The lowest BCUT2D eigenvalue weighted by atomic mass is 10.1. The molecule has 1 aliphatic rings. The SMILES string of the molecule is COc1cc(/C=C2/SC(=O)N(CC(=O)Nc3cccc(C)c3)C2=O)ccc1O[C@@H](C)C(=O)[O-]. The molecule has 2 aromatic rings. The van der Waals surface area contributed by atoms with Gasteiger partial charge in [-0.1, -0.05) is 18.2 Å². The van der Waals surface area contributed by atoms with Gasteiger partial charge in [0.15, 0.2) is 11.5 Å². The Morgan fingerprint density at radius 3 is 2.61 bits per heavy atom. The molecule has 10 heteroatoms. The summed E-state index contributed by atoms with van der Waals surface area (Å²) in [6.45, 7) is 2.80. The van der Waals surface area contributed by atoms with Gasteiger partial charge in [0.25, 0.3) is 11.1 Å². The van der Waals surface area contributed by atoms with E-state index in [-0.39, 0.29) is 16.4 Å². The Morgan fingerprint density at radius 1 is 1.18 bits per heavy atom. The van der Waals surface area contributed by atoms with Gasteiger partial charge >= 0.3 is 0 Å². The van der Waals surface area contributed by atoms with E-state index in [2.05, 4.69) is 5.32 Å². The lowest BCUT2D eigenvalue weighted by molar-refractivity contribution is -0.312. The van der Waals surface area contributed by atoms with E-state index in [1.807, 2.05) is 13.0 Å². The number of amides is 3. The van der Waals surface area contributed by atoms with Crippen LogP contribution in [0.15, 0.2) is 47.4 Å². The number of aryl methyl sites for hydroxylation is 1. The number of rotatable bonds is 8. The van der Waals surface area contributed by atoms with Crippen molar-refractivity contribution in [2.75, 3.05) is 19.0 Å². The lowest BCUT2D eigenvalue weighted by Gasteiger charge is -2.17. The molecule has 172 valence electrons. The fourth-order valence-electron chi connectivity index (χ4n) is 2.96. The molecule has 0 aliphatic carbocycles. The van der Waals surface area contributed by atoms with E-state index in [9.17, 15) is 24.3 Å². The van der Waals surface area contributed by atoms with Crippen LogP contribution in [0.3, 0.4) is 0 Å². The first-order valence-corrected chi connectivity index (χ1v) is 10.7. The molecule has 1 fully saturated rings. The molecule has 1 N–H and O–H groups in total. The first kappa shape index (κ1) is 23.9. The first-order valence-electron chi connectivity index (χ1n) is 9.85. The van der Waals surface area contributed by atoms with Gasteiger partial charge in [-0.3, -0.25) is 19.3 Å². The summed E-state index contributed by atoms with van der Waals surface area (Å²) in [5, 5.41) is 13.0. The van der Waals surface area contributed by atoms with Gasteiger partial charge < -0.3 is 24.7 Å². The number of anilines is 1. The smallest absolute Gasteiger partial charge is 0.294 e. The van der Waals surface area contributed by atoms with E-state index in [1.165, 1.54) is 32.2 Å². The molecule has 3 amide bonds. The fraction of sp³-hybridized carbons (Fsp3) is 0.217. The van der Waals surface area contributed by atoms with E-state index in [1.54, 1.807) is 24.3 Å². The second-order valence-electron chi connectivity index (χ2n) is 7.17. The Bertz CT molecular complexity index is 1150. The van der Waals surface area contributed by atoms with Crippen LogP contribution in [0.2, 0.25) is 0 Å². The zero-order valence-electron chi connectivity index (χ0n) is 18.1. The van der Waals surface area contributed by atoms with Gasteiger partial charge in [0.1, 0.15) is 12.6 Å². The van der Waals surface area contributed by atoms with Gasteiger partial charge in [-0.25, -0.2) is 0 Å². The van der Waals surface area contributed by atoms with Gasteiger partial charge in [-0.2, -0.15) is 0 Å². The number of ether oxygens (including phenoxy) is 2. The maximum atomic E-state index is 12.7. The van der Waals surface area contributed by atoms with Crippen molar-refractivity contribution < 1.29 is 33.8 Å². The maximum Gasteiger partial charge on any atom is 0.294 e. The summed E-state index contributed by atoms with van der Waals surface area (Å²) >= 11 is 0.720. The molecule has 0 unspecified atom stereocenters. The number of methoxy groups -OCH3 is 1. The molecular weight excluding hydrogens is 448 g/mol.